The minimum absolute atomic E-state index is 0.0509. The van der Waals surface area contributed by atoms with E-state index in [4.69, 9.17) is 14.6 Å². The summed E-state index contributed by atoms with van der Waals surface area (Å²) >= 11 is 0. The highest BCUT2D eigenvalue weighted by Gasteiger charge is 2.42. The Labute approximate surface area is 237 Å². The lowest BCUT2D eigenvalue weighted by molar-refractivity contribution is -0.129. The molecule has 222 valence electrons. The first-order valence-electron chi connectivity index (χ1n) is 12.9. The van der Waals surface area contributed by atoms with Crippen LogP contribution in [0.3, 0.4) is 0 Å². The zero-order valence-electron chi connectivity index (χ0n) is 22.1. The van der Waals surface area contributed by atoms with Crippen molar-refractivity contribution in [2.24, 2.45) is 5.73 Å². The monoisotopic (exact) mass is 586 g/mol. The lowest BCUT2D eigenvalue weighted by Crippen LogP contribution is -2.52. The van der Waals surface area contributed by atoms with E-state index in [9.17, 15) is 32.8 Å². The van der Waals surface area contributed by atoms with E-state index in [0.29, 0.717) is 6.07 Å². The van der Waals surface area contributed by atoms with Gasteiger partial charge in [0, 0.05) is 19.2 Å². The molecule has 6 N–H and O–H groups in total. The highest BCUT2D eigenvalue weighted by Crippen LogP contribution is 2.22. The number of primary amides is 1. The summed E-state index contributed by atoms with van der Waals surface area (Å²) in [6, 6.07) is 4.74. The number of nitrogens with two attached hydrogens (primary N) is 1. The van der Waals surface area contributed by atoms with E-state index in [1.54, 1.807) is 6.07 Å². The number of nitrogens with zero attached hydrogens (tertiary/aromatic N) is 1. The van der Waals surface area contributed by atoms with Gasteiger partial charge in [-0.05, 0) is 55.7 Å². The lowest BCUT2D eigenvalue weighted by Gasteiger charge is -2.25. The van der Waals surface area contributed by atoms with Crippen molar-refractivity contribution >= 4 is 35.3 Å². The van der Waals surface area contributed by atoms with E-state index < -0.39 is 59.4 Å². The first-order chi connectivity index (χ1) is 20.1. The summed E-state index contributed by atoms with van der Waals surface area (Å²) in [5.74, 6) is -4.33. The number of carbonyl (C=O) groups is 5. The number of likely N-dealkylation sites (tertiary alicyclic amines) is 1. The second kappa shape index (κ2) is 13.4. The van der Waals surface area contributed by atoms with Gasteiger partial charge in [-0.15, -0.1) is 0 Å². The molecule has 2 aromatic heterocycles. The molecule has 0 spiro atoms. The molecule has 1 aliphatic heterocycles. The number of carbonyl (C=O) groups excluding carboxylic acids is 5. The first-order valence-corrected chi connectivity index (χ1v) is 12.9. The molecule has 4 rings (SSSR count). The van der Waals surface area contributed by atoms with Crippen molar-refractivity contribution < 1.29 is 41.6 Å². The summed E-state index contributed by atoms with van der Waals surface area (Å²) < 4.78 is 37.3. The number of rotatable bonds is 11. The van der Waals surface area contributed by atoms with Crippen LogP contribution in [0, 0.1) is 11.6 Å². The first kappa shape index (κ1) is 29.8. The molecule has 1 fully saturated rings. The molecule has 1 saturated heterocycles. The molecule has 0 radical (unpaired) electrons. The molecule has 42 heavy (non-hydrogen) atoms. The van der Waals surface area contributed by atoms with Crippen LogP contribution in [0.4, 0.5) is 19.3 Å². The Morgan fingerprint density at radius 3 is 2.38 bits per heavy atom. The van der Waals surface area contributed by atoms with Gasteiger partial charge in [0.15, 0.2) is 11.5 Å². The fraction of sp³-hybridized carbons (Fsp3) is 0.296. The van der Waals surface area contributed by atoms with Crippen LogP contribution in [0.2, 0.25) is 0 Å². The fourth-order valence-corrected chi connectivity index (χ4v) is 4.45. The van der Waals surface area contributed by atoms with E-state index >= 15 is 0 Å². The van der Waals surface area contributed by atoms with E-state index in [1.807, 2.05) is 0 Å². The van der Waals surface area contributed by atoms with Crippen LogP contribution in [0.5, 0.6) is 0 Å². The molecule has 6 amide bonds. The van der Waals surface area contributed by atoms with Gasteiger partial charge in [0.05, 0.1) is 24.3 Å². The minimum atomic E-state index is -1.13. The molecule has 3 heterocycles. The quantitative estimate of drug-likeness (QED) is 0.212. The van der Waals surface area contributed by atoms with Crippen molar-refractivity contribution in [1.82, 2.24) is 20.9 Å². The van der Waals surface area contributed by atoms with Crippen LogP contribution < -0.4 is 27.0 Å². The number of halogens is 2. The smallest absolute Gasteiger partial charge is 0.319 e. The van der Waals surface area contributed by atoms with Gasteiger partial charge in [-0.1, -0.05) is 0 Å². The van der Waals surface area contributed by atoms with Crippen LogP contribution in [0.15, 0.2) is 63.8 Å². The van der Waals surface area contributed by atoms with Crippen molar-refractivity contribution in [3.63, 3.8) is 0 Å². The summed E-state index contributed by atoms with van der Waals surface area (Å²) in [5.41, 5.74) is 5.22. The number of hydrogen-bond donors (Lipinski definition) is 5. The maximum atomic E-state index is 14.0. The normalized spacial score (nSPS) is 16.9. The maximum Gasteiger partial charge on any atom is 0.319 e. The molecule has 0 aliphatic carbocycles. The second-order valence-corrected chi connectivity index (χ2v) is 9.44. The minimum Gasteiger partial charge on any atom is -0.459 e. The zero-order chi connectivity index (χ0) is 30.2. The third-order valence-electron chi connectivity index (χ3n) is 6.47. The van der Waals surface area contributed by atoms with Crippen LogP contribution in [0.25, 0.3) is 0 Å². The average Bonchev–Trinajstić information content (AvgIpc) is 3.73. The largest absolute Gasteiger partial charge is 0.459 e. The van der Waals surface area contributed by atoms with Gasteiger partial charge in [-0.25, -0.2) is 13.6 Å². The Kier molecular flexibility index (Phi) is 9.52. The van der Waals surface area contributed by atoms with Gasteiger partial charge in [-0.2, -0.15) is 0 Å². The molecule has 3 atom stereocenters. The van der Waals surface area contributed by atoms with E-state index in [2.05, 4.69) is 21.3 Å². The number of benzene rings is 1. The molecular weight excluding hydrogens is 558 g/mol. The molecule has 0 saturated carbocycles. The van der Waals surface area contributed by atoms with Gasteiger partial charge in [0.25, 0.3) is 11.8 Å². The standard InChI is InChI=1S/C27H28F2N6O7/c28-15-7-8-18(17(29)12-15)34-27(40)32-16-13-20(35(14-16)26(39)22-6-3-11-42-22)24(37)33-19(23(30)36)4-1-9-31-25(38)21-5-2-10-41-21/h2-3,5-8,10-12,16,19-20H,1,4,9,13-14H2,(H2,30,36)(H,31,38)(H,33,37)(H2,32,34,40). The Bertz CT molecular complexity index is 1430. The third-order valence-corrected chi connectivity index (χ3v) is 6.47. The number of urea groups is 1. The third kappa shape index (κ3) is 7.50. The number of amides is 6. The molecule has 1 aliphatic rings. The highest BCUT2D eigenvalue weighted by molar-refractivity contribution is 5.97. The SMILES string of the molecule is NC(=O)C(CCCNC(=O)c1ccco1)NC(=O)C1CC(NC(=O)Nc2ccc(F)cc2F)CN1C(=O)c1ccco1. The summed E-state index contributed by atoms with van der Waals surface area (Å²) in [7, 11) is 0. The predicted molar refractivity (Wildman–Crippen MR) is 142 cm³/mol. The molecule has 3 unspecified atom stereocenters. The molecular formula is C27H28F2N6O7. The molecule has 1 aromatic carbocycles. The van der Waals surface area contributed by atoms with Crippen LogP contribution in [-0.4, -0.2) is 65.8 Å². The van der Waals surface area contributed by atoms with Crippen molar-refractivity contribution in [3.05, 3.63) is 78.1 Å². The molecule has 15 heteroatoms. The Morgan fingerprint density at radius 2 is 1.74 bits per heavy atom. The van der Waals surface area contributed by atoms with Crippen LogP contribution >= 0.6 is 0 Å². The predicted octanol–water partition coefficient (Wildman–Crippen LogP) is 1.74. The maximum absolute atomic E-state index is 14.0. The Hall–Kier alpha value is -5.21. The van der Waals surface area contributed by atoms with E-state index in [1.165, 1.54) is 35.6 Å². The summed E-state index contributed by atoms with van der Waals surface area (Å²) in [6.07, 6.45) is 2.96. The van der Waals surface area contributed by atoms with Crippen molar-refractivity contribution in [2.45, 2.75) is 37.4 Å². The molecule has 3 aromatic rings. The van der Waals surface area contributed by atoms with E-state index in [-0.39, 0.29) is 49.6 Å². The summed E-state index contributed by atoms with van der Waals surface area (Å²) in [6.45, 7) is 0.0540. The summed E-state index contributed by atoms with van der Waals surface area (Å²) in [5, 5.41) is 10.0. The molecule has 0 bridgehead atoms. The van der Waals surface area contributed by atoms with Crippen LogP contribution in [-0.2, 0) is 9.59 Å². The number of nitrogens with one attached hydrogen (secondary N) is 4. The Balaban J connectivity index is 1.38. The molecule has 13 nitrogen and oxygen atoms in total. The topological polar surface area (TPSA) is 189 Å². The van der Waals surface area contributed by atoms with Crippen molar-refractivity contribution in [3.8, 4) is 0 Å². The zero-order valence-corrected chi connectivity index (χ0v) is 22.1. The van der Waals surface area contributed by atoms with Crippen molar-refractivity contribution in [2.75, 3.05) is 18.4 Å². The number of anilines is 1. The second-order valence-electron chi connectivity index (χ2n) is 9.44. The van der Waals surface area contributed by atoms with Crippen molar-refractivity contribution in [1.29, 1.82) is 0 Å². The summed E-state index contributed by atoms with van der Waals surface area (Å²) in [4.78, 5) is 64.2. The van der Waals surface area contributed by atoms with Gasteiger partial charge in [0.1, 0.15) is 23.7 Å². The van der Waals surface area contributed by atoms with Crippen LogP contribution in [0.1, 0.15) is 40.4 Å². The van der Waals surface area contributed by atoms with Gasteiger partial charge in [-0.3, -0.25) is 19.2 Å². The number of hydrogen-bond acceptors (Lipinski definition) is 7. The number of furan rings is 2. The van der Waals surface area contributed by atoms with Gasteiger partial charge >= 0.3 is 6.03 Å². The fourth-order valence-electron chi connectivity index (χ4n) is 4.45. The average molecular weight is 587 g/mol. The lowest BCUT2D eigenvalue weighted by atomic mass is 10.1. The van der Waals surface area contributed by atoms with E-state index in [0.717, 1.165) is 12.1 Å². The van der Waals surface area contributed by atoms with Gasteiger partial charge in [0.2, 0.25) is 11.8 Å². The highest BCUT2D eigenvalue weighted by atomic mass is 19.1. The van der Waals surface area contributed by atoms with Gasteiger partial charge < -0.3 is 40.7 Å². The Morgan fingerprint density at radius 1 is 1.02 bits per heavy atom.